The predicted molar refractivity (Wildman–Crippen MR) is 105 cm³/mol. The molecule has 8 heteroatoms. The zero-order valence-electron chi connectivity index (χ0n) is 15.3. The van der Waals surface area contributed by atoms with Gasteiger partial charge in [-0.05, 0) is 48.5 Å². The third kappa shape index (κ3) is 4.59. The summed E-state index contributed by atoms with van der Waals surface area (Å²) in [5.41, 5.74) is 1.65. The zero-order valence-corrected chi connectivity index (χ0v) is 16.1. The van der Waals surface area contributed by atoms with Gasteiger partial charge in [-0.15, -0.1) is 10.2 Å². The van der Waals surface area contributed by atoms with Crippen molar-refractivity contribution in [2.24, 2.45) is 7.05 Å². The minimum atomic E-state index is -0.112. The molecule has 0 spiro atoms. The highest BCUT2D eigenvalue weighted by Gasteiger charge is 2.13. The molecule has 0 saturated heterocycles. The van der Waals surface area contributed by atoms with Crippen molar-refractivity contribution < 1.29 is 14.3 Å². The molecule has 1 N–H and O–H groups in total. The summed E-state index contributed by atoms with van der Waals surface area (Å²) < 4.78 is 12.1. The molecular formula is C19H20N4O3S. The molecule has 0 atom stereocenters. The Labute approximate surface area is 161 Å². The molecule has 3 rings (SSSR count). The van der Waals surface area contributed by atoms with E-state index in [4.69, 9.17) is 9.47 Å². The monoisotopic (exact) mass is 384 g/mol. The van der Waals surface area contributed by atoms with Crippen LogP contribution in [-0.2, 0) is 11.8 Å². The van der Waals surface area contributed by atoms with Crippen LogP contribution in [-0.4, -0.2) is 40.6 Å². The maximum atomic E-state index is 12.2. The highest BCUT2D eigenvalue weighted by atomic mass is 32.2. The molecule has 27 heavy (non-hydrogen) atoms. The molecule has 1 aromatic heterocycles. The van der Waals surface area contributed by atoms with E-state index in [-0.39, 0.29) is 11.7 Å². The molecule has 1 amide bonds. The van der Waals surface area contributed by atoms with Crippen LogP contribution in [0.1, 0.15) is 0 Å². The molecule has 1 heterocycles. The Kier molecular flexibility index (Phi) is 5.97. The molecule has 0 saturated carbocycles. The first-order valence-corrected chi connectivity index (χ1v) is 9.20. The van der Waals surface area contributed by atoms with Crippen LogP contribution in [0.5, 0.6) is 11.5 Å². The van der Waals surface area contributed by atoms with Crippen LogP contribution >= 0.6 is 11.8 Å². The SMILES string of the molecule is COc1ccc(NC(=O)CSc2nnc(-c3ccc(OC)cc3)n2C)cc1. The van der Waals surface area contributed by atoms with Gasteiger partial charge in [0.1, 0.15) is 11.5 Å². The molecule has 0 aliphatic rings. The summed E-state index contributed by atoms with van der Waals surface area (Å²) in [4.78, 5) is 12.2. The normalized spacial score (nSPS) is 10.5. The third-order valence-electron chi connectivity index (χ3n) is 3.89. The summed E-state index contributed by atoms with van der Waals surface area (Å²) in [6.45, 7) is 0. The van der Waals surface area contributed by atoms with Crippen molar-refractivity contribution in [3.8, 4) is 22.9 Å². The Bertz CT molecular complexity index is 908. The smallest absolute Gasteiger partial charge is 0.234 e. The number of hydrogen-bond acceptors (Lipinski definition) is 6. The summed E-state index contributed by atoms with van der Waals surface area (Å²) in [6.07, 6.45) is 0. The highest BCUT2D eigenvalue weighted by molar-refractivity contribution is 7.99. The fourth-order valence-electron chi connectivity index (χ4n) is 2.43. The molecule has 0 unspecified atom stereocenters. The molecule has 0 aliphatic heterocycles. The van der Waals surface area contributed by atoms with Crippen molar-refractivity contribution in [2.75, 3.05) is 25.3 Å². The number of hydrogen-bond donors (Lipinski definition) is 1. The van der Waals surface area contributed by atoms with Gasteiger partial charge in [-0.2, -0.15) is 0 Å². The summed E-state index contributed by atoms with van der Waals surface area (Å²) >= 11 is 1.33. The Morgan fingerprint density at radius 3 is 2.19 bits per heavy atom. The summed E-state index contributed by atoms with van der Waals surface area (Å²) in [6, 6.07) is 14.8. The summed E-state index contributed by atoms with van der Waals surface area (Å²) in [5, 5.41) is 11.9. The number of thioether (sulfide) groups is 1. The van der Waals surface area contributed by atoms with E-state index in [1.807, 2.05) is 35.9 Å². The van der Waals surface area contributed by atoms with E-state index in [0.717, 1.165) is 28.6 Å². The van der Waals surface area contributed by atoms with Crippen molar-refractivity contribution in [1.29, 1.82) is 0 Å². The number of aromatic nitrogens is 3. The van der Waals surface area contributed by atoms with Gasteiger partial charge in [0.2, 0.25) is 5.91 Å². The van der Waals surface area contributed by atoms with Crippen molar-refractivity contribution in [1.82, 2.24) is 14.8 Å². The minimum absolute atomic E-state index is 0.112. The number of ether oxygens (including phenoxy) is 2. The van der Waals surface area contributed by atoms with E-state index in [2.05, 4.69) is 15.5 Å². The predicted octanol–water partition coefficient (Wildman–Crippen LogP) is 3.23. The number of benzene rings is 2. The number of carbonyl (C=O) groups is 1. The summed E-state index contributed by atoms with van der Waals surface area (Å²) in [5.74, 6) is 2.38. The van der Waals surface area contributed by atoms with E-state index < -0.39 is 0 Å². The van der Waals surface area contributed by atoms with Crippen molar-refractivity contribution >= 4 is 23.4 Å². The molecule has 2 aromatic carbocycles. The second-order valence-corrected chi connectivity index (χ2v) is 6.60. The number of rotatable bonds is 7. The second-order valence-electron chi connectivity index (χ2n) is 5.66. The van der Waals surface area contributed by atoms with Crippen LogP contribution in [0.25, 0.3) is 11.4 Å². The lowest BCUT2D eigenvalue weighted by atomic mass is 10.2. The van der Waals surface area contributed by atoms with Gasteiger partial charge in [-0.3, -0.25) is 4.79 Å². The van der Waals surface area contributed by atoms with E-state index in [9.17, 15) is 4.79 Å². The van der Waals surface area contributed by atoms with Gasteiger partial charge in [0, 0.05) is 18.3 Å². The first-order chi connectivity index (χ1) is 13.1. The van der Waals surface area contributed by atoms with Crippen molar-refractivity contribution in [3.05, 3.63) is 48.5 Å². The van der Waals surface area contributed by atoms with E-state index in [1.165, 1.54) is 11.8 Å². The Morgan fingerprint density at radius 1 is 1.00 bits per heavy atom. The molecule has 3 aromatic rings. The van der Waals surface area contributed by atoms with E-state index in [0.29, 0.717) is 5.16 Å². The molecule has 0 aliphatic carbocycles. The number of carbonyl (C=O) groups excluding carboxylic acids is 1. The Balaban J connectivity index is 1.60. The highest BCUT2D eigenvalue weighted by Crippen LogP contribution is 2.24. The van der Waals surface area contributed by atoms with Gasteiger partial charge in [0.15, 0.2) is 11.0 Å². The van der Waals surface area contributed by atoms with Crippen LogP contribution in [0.2, 0.25) is 0 Å². The van der Waals surface area contributed by atoms with Crippen LogP contribution in [0, 0.1) is 0 Å². The second kappa shape index (κ2) is 8.59. The fourth-order valence-corrected chi connectivity index (χ4v) is 3.14. The largest absolute Gasteiger partial charge is 0.497 e. The quantitative estimate of drug-likeness (QED) is 0.630. The van der Waals surface area contributed by atoms with Gasteiger partial charge in [-0.25, -0.2) is 0 Å². The summed E-state index contributed by atoms with van der Waals surface area (Å²) in [7, 11) is 5.11. The fraction of sp³-hybridized carbons (Fsp3) is 0.211. The lowest BCUT2D eigenvalue weighted by molar-refractivity contribution is -0.113. The van der Waals surface area contributed by atoms with E-state index >= 15 is 0 Å². The number of anilines is 1. The minimum Gasteiger partial charge on any atom is -0.497 e. The molecule has 0 bridgehead atoms. The molecular weight excluding hydrogens is 364 g/mol. The topological polar surface area (TPSA) is 78.3 Å². The Morgan fingerprint density at radius 2 is 1.59 bits per heavy atom. The van der Waals surface area contributed by atoms with E-state index in [1.54, 1.807) is 38.5 Å². The average molecular weight is 384 g/mol. The lowest BCUT2D eigenvalue weighted by Crippen LogP contribution is -2.14. The van der Waals surface area contributed by atoms with Crippen molar-refractivity contribution in [2.45, 2.75) is 5.16 Å². The van der Waals surface area contributed by atoms with Gasteiger partial charge >= 0.3 is 0 Å². The number of methoxy groups -OCH3 is 2. The Hall–Kier alpha value is -3.00. The van der Waals surface area contributed by atoms with Gasteiger partial charge in [0.05, 0.1) is 20.0 Å². The number of nitrogens with zero attached hydrogens (tertiary/aromatic N) is 3. The standard InChI is InChI=1S/C19H20N4O3S/c1-23-18(13-4-8-15(25-2)9-5-13)21-22-19(23)27-12-17(24)20-14-6-10-16(26-3)11-7-14/h4-11H,12H2,1-3H3,(H,20,24). The molecule has 140 valence electrons. The van der Waals surface area contributed by atoms with Gasteiger partial charge in [0.25, 0.3) is 0 Å². The van der Waals surface area contributed by atoms with Crippen LogP contribution in [0.3, 0.4) is 0 Å². The lowest BCUT2D eigenvalue weighted by Gasteiger charge is -2.07. The number of nitrogens with one attached hydrogen (secondary N) is 1. The zero-order chi connectivity index (χ0) is 19.2. The number of amides is 1. The van der Waals surface area contributed by atoms with Gasteiger partial charge in [-0.1, -0.05) is 11.8 Å². The molecule has 0 fully saturated rings. The molecule has 7 nitrogen and oxygen atoms in total. The van der Waals surface area contributed by atoms with Crippen LogP contribution < -0.4 is 14.8 Å². The van der Waals surface area contributed by atoms with Gasteiger partial charge < -0.3 is 19.4 Å². The maximum absolute atomic E-state index is 12.2. The first kappa shape index (κ1) is 18.8. The van der Waals surface area contributed by atoms with Crippen LogP contribution in [0.15, 0.2) is 53.7 Å². The van der Waals surface area contributed by atoms with Crippen LogP contribution in [0.4, 0.5) is 5.69 Å². The maximum Gasteiger partial charge on any atom is 0.234 e. The third-order valence-corrected chi connectivity index (χ3v) is 4.91. The first-order valence-electron chi connectivity index (χ1n) is 8.21. The van der Waals surface area contributed by atoms with Crippen molar-refractivity contribution in [3.63, 3.8) is 0 Å². The molecule has 0 radical (unpaired) electrons. The average Bonchev–Trinajstić information content (AvgIpc) is 3.07.